The minimum absolute atomic E-state index is 0.0673. The molecule has 1 aliphatic carbocycles. The highest BCUT2D eigenvalue weighted by atomic mass is 32.1. The summed E-state index contributed by atoms with van der Waals surface area (Å²) in [5, 5.41) is 7.41. The molecule has 1 aliphatic rings. The number of carbonyl (C=O) groups is 1. The number of carbonyl (C=O) groups excluding carboxylic acids is 1. The lowest BCUT2D eigenvalue weighted by atomic mass is 10.1. The first kappa shape index (κ1) is 19.6. The van der Waals surface area contributed by atoms with Gasteiger partial charge in [0.15, 0.2) is 5.82 Å². The van der Waals surface area contributed by atoms with Crippen molar-refractivity contribution in [1.29, 1.82) is 0 Å². The van der Waals surface area contributed by atoms with Crippen LogP contribution in [0.2, 0.25) is 0 Å². The van der Waals surface area contributed by atoms with Gasteiger partial charge in [-0.3, -0.25) is 9.78 Å². The van der Waals surface area contributed by atoms with Crippen LogP contribution in [0.3, 0.4) is 0 Å². The van der Waals surface area contributed by atoms with Crippen molar-refractivity contribution in [3.05, 3.63) is 70.4 Å². The quantitative estimate of drug-likeness (QED) is 0.479. The van der Waals surface area contributed by atoms with Crippen LogP contribution in [-0.2, 0) is 19.3 Å². The lowest BCUT2D eigenvalue weighted by molar-refractivity contribution is 0.0963. The number of nitrogens with zero attached hydrogens (tertiary/aromatic N) is 3. The van der Waals surface area contributed by atoms with Gasteiger partial charge in [0, 0.05) is 42.0 Å². The van der Waals surface area contributed by atoms with Crippen molar-refractivity contribution >= 4 is 33.3 Å². The Morgan fingerprint density at radius 1 is 1.16 bits per heavy atom. The van der Waals surface area contributed by atoms with E-state index in [1.54, 1.807) is 30.8 Å². The minimum Gasteiger partial charge on any atom is -0.369 e. The molecule has 0 fully saturated rings. The number of benzene rings is 1. The highest BCUT2D eigenvalue weighted by molar-refractivity contribution is 7.19. The zero-order valence-electron chi connectivity index (χ0n) is 17.3. The Kier molecular flexibility index (Phi) is 5.34. The summed E-state index contributed by atoms with van der Waals surface area (Å²) >= 11 is 1.79. The fourth-order valence-corrected chi connectivity index (χ4v) is 5.35. The van der Waals surface area contributed by atoms with Crippen LogP contribution in [0.4, 0.5) is 5.82 Å². The Bertz CT molecular complexity index is 1250. The molecule has 3 heterocycles. The number of nitrogens with one attached hydrogen (secondary N) is 2. The van der Waals surface area contributed by atoms with Crippen molar-refractivity contribution in [2.24, 2.45) is 0 Å². The van der Waals surface area contributed by atoms with Crippen LogP contribution in [0.5, 0.6) is 0 Å². The van der Waals surface area contributed by atoms with E-state index in [-0.39, 0.29) is 5.91 Å². The molecule has 5 rings (SSSR count). The first-order chi connectivity index (χ1) is 15.2. The number of fused-ring (bicyclic) bond motifs is 3. The molecule has 0 saturated carbocycles. The predicted molar refractivity (Wildman–Crippen MR) is 125 cm³/mol. The van der Waals surface area contributed by atoms with Crippen molar-refractivity contribution in [1.82, 2.24) is 20.3 Å². The SMILES string of the molecule is CNC(=O)c1cccc(CCNc2nc(-c3cccnc3)nc3sc4c(c23)CCC4)c1. The molecular formula is C24H23N5OS. The number of aromatic nitrogens is 3. The second-order valence-electron chi connectivity index (χ2n) is 7.63. The standard InChI is InChI=1S/C24H23N5OS/c1-25-23(30)16-6-2-5-15(13-16)10-12-27-22-20-18-8-3-9-19(18)31-24(20)29-21(28-22)17-7-4-11-26-14-17/h2,4-7,11,13-14H,3,8-10,12H2,1H3,(H,25,30)(H,27,28,29). The maximum atomic E-state index is 11.9. The summed E-state index contributed by atoms with van der Waals surface area (Å²) in [6.45, 7) is 0.723. The van der Waals surface area contributed by atoms with Crippen LogP contribution >= 0.6 is 11.3 Å². The van der Waals surface area contributed by atoms with Gasteiger partial charge in [-0.25, -0.2) is 9.97 Å². The summed E-state index contributed by atoms with van der Waals surface area (Å²) in [6.07, 6.45) is 7.78. The molecule has 0 bridgehead atoms. The number of anilines is 1. The Labute approximate surface area is 184 Å². The molecule has 0 aliphatic heterocycles. The van der Waals surface area contributed by atoms with Crippen LogP contribution < -0.4 is 10.6 Å². The molecule has 6 nitrogen and oxygen atoms in total. The Hall–Kier alpha value is -3.32. The van der Waals surface area contributed by atoms with Gasteiger partial charge in [0.05, 0.1) is 5.39 Å². The lowest BCUT2D eigenvalue weighted by Gasteiger charge is -2.11. The molecular weight excluding hydrogens is 406 g/mol. The minimum atomic E-state index is -0.0673. The molecule has 0 atom stereocenters. The van der Waals surface area contributed by atoms with E-state index < -0.39 is 0 Å². The van der Waals surface area contributed by atoms with Crippen molar-refractivity contribution in [2.75, 3.05) is 18.9 Å². The molecule has 4 aromatic rings. The van der Waals surface area contributed by atoms with Gasteiger partial charge in [0.1, 0.15) is 10.6 Å². The van der Waals surface area contributed by atoms with Crippen molar-refractivity contribution in [2.45, 2.75) is 25.7 Å². The fraction of sp³-hybridized carbons (Fsp3) is 0.250. The number of rotatable bonds is 6. The second kappa shape index (κ2) is 8.43. The zero-order valence-corrected chi connectivity index (χ0v) is 18.1. The maximum Gasteiger partial charge on any atom is 0.251 e. The average molecular weight is 430 g/mol. The van der Waals surface area contributed by atoms with E-state index in [1.807, 2.05) is 36.4 Å². The summed E-state index contributed by atoms with van der Waals surface area (Å²) in [5.74, 6) is 1.53. The normalized spacial score (nSPS) is 12.7. The predicted octanol–water partition coefficient (Wildman–Crippen LogP) is 4.26. The van der Waals surface area contributed by atoms with E-state index in [2.05, 4.69) is 15.6 Å². The molecule has 3 aromatic heterocycles. The maximum absolute atomic E-state index is 11.9. The number of hydrogen-bond donors (Lipinski definition) is 2. The zero-order chi connectivity index (χ0) is 21.2. The van der Waals surface area contributed by atoms with Crippen LogP contribution in [0.25, 0.3) is 21.6 Å². The molecule has 7 heteroatoms. The van der Waals surface area contributed by atoms with Crippen LogP contribution in [-0.4, -0.2) is 34.5 Å². The Morgan fingerprint density at radius 2 is 2.10 bits per heavy atom. The second-order valence-corrected chi connectivity index (χ2v) is 8.71. The van der Waals surface area contributed by atoms with E-state index >= 15 is 0 Å². The summed E-state index contributed by atoms with van der Waals surface area (Å²) in [4.78, 5) is 28.4. The van der Waals surface area contributed by atoms with Crippen LogP contribution in [0.15, 0.2) is 48.8 Å². The summed E-state index contributed by atoms with van der Waals surface area (Å²) in [7, 11) is 1.65. The molecule has 31 heavy (non-hydrogen) atoms. The van der Waals surface area contributed by atoms with Gasteiger partial charge in [-0.05, 0) is 61.1 Å². The smallest absolute Gasteiger partial charge is 0.251 e. The van der Waals surface area contributed by atoms with Crippen molar-refractivity contribution < 1.29 is 4.79 Å². The van der Waals surface area contributed by atoms with E-state index in [4.69, 9.17) is 9.97 Å². The first-order valence-electron chi connectivity index (χ1n) is 10.5. The van der Waals surface area contributed by atoms with Gasteiger partial charge in [-0.1, -0.05) is 12.1 Å². The van der Waals surface area contributed by atoms with Crippen LogP contribution in [0, 0.1) is 0 Å². The molecule has 0 saturated heterocycles. The number of aryl methyl sites for hydroxylation is 2. The summed E-state index contributed by atoms with van der Waals surface area (Å²) < 4.78 is 0. The number of hydrogen-bond acceptors (Lipinski definition) is 6. The fourth-order valence-electron chi connectivity index (χ4n) is 4.09. The summed E-state index contributed by atoms with van der Waals surface area (Å²) in [6, 6.07) is 11.6. The van der Waals surface area contributed by atoms with Gasteiger partial charge >= 0.3 is 0 Å². The summed E-state index contributed by atoms with van der Waals surface area (Å²) in [5.41, 5.74) is 4.11. The van der Waals surface area contributed by atoms with Gasteiger partial charge in [-0.15, -0.1) is 11.3 Å². The molecule has 1 aromatic carbocycles. The lowest BCUT2D eigenvalue weighted by Crippen LogP contribution is -2.18. The number of pyridine rings is 1. The monoisotopic (exact) mass is 429 g/mol. The first-order valence-corrected chi connectivity index (χ1v) is 11.3. The molecule has 2 N–H and O–H groups in total. The molecule has 0 unspecified atom stereocenters. The molecule has 0 radical (unpaired) electrons. The van der Waals surface area contributed by atoms with Crippen molar-refractivity contribution in [3.63, 3.8) is 0 Å². The van der Waals surface area contributed by atoms with Gasteiger partial charge in [0.2, 0.25) is 0 Å². The third-order valence-corrected chi connectivity index (χ3v) is 6.79. The third kappa shape index (κ3) is 3.88. The molecule has 0 spiro atoms. The van der Waals surface area contributed by atoms with E-state index in [0.717, 1.165) is 47.6 Å². The van der Waals surface area contributed by atoms with E-state index in [9.17, 15) is 4.79 Å². The average Bonchev–Trinajstić information content (AvgIpc) is 3.40. The Morgan fingerprint density at radius 3 is 2.94 bits per heavy atom. The number of amides is 1. The third-order valence-electron chi connectivity index (χ3n) is 5.61. The van der Waals surface area contributed by atoms with Crippen LogP contribution in [0.1, 0.15) is 32.8 Å². The van der Waals surface area contributed by atoms with Gasteiger partial charge in [-0.2, -0.15) is 0 Å². The van der Waals surface area contributed by atoms with Crippen molar-refractivity contribution in [3.8, 4) is 11.4 Å². The van der Waals surface area contributed by atoms with E-state index in [0.29, 0.717) is 11.4 Å². The number of thiophene rings is 1. The highest BCUT2D eigenvalue weighted by Crippen LogP contribution is 2.40. The Balaban J connectivity index is 1.44. The molecule has 1 amide bonds. The molecule has 156 valence electrons. The van der Waals surface area contributed by atoms with Gasteiger partial charge in [0.25, 0.3) is 5.91 Å². The topological polar surface area (TPSA) is 79.8 Å². The van der Waals surface area contributed by atoms with Gasteiger partial charge < -0.3 is 10.6 Å². The highest BCUT2D eigenvalue weighted by Gasteiger charge is 2.22. The largest absolute Gasteiger partial charge is 0.369 e. The van der Waals surface area contributed by atoms with E-state index in [1.165, 1.54) is 22.2 Å².